The van der Waals surface area contributed by atoms with Gasteiger partial charge in [-0.25, -0.2) is 0 Å². The van der Waals surface area contributed by atoms with Gasteiger partial charge in [0.25, 0.3) is 0 Å². The van der Waals surface area contributed by atoms with Crippen LogP contribution in [0.4, 0.5) is 5.69 Å². The number of aromatic hydroxyl groups is 1. The summed E-state index contributed by atoms with van der Waals surface area (Å²) >= 11 is 0. The molecule has 1 unspecified atom stereocenters. The first-order valence-electron chi connectivity index (χ1n) is 10.5. The quantitative estimate of drug-likeness (QED) is 0.294. The molecule has 4 nitrogen and oxygen atoms in total. The van der Waals surface area contributed by atoms with Crippen molar-refractivity contribution in [3.63, 3.8) is 0 Å². The second-order valence-corrected chi connectivity index (χ2v) is 8.30. The Kier molecular flexibility index (Phi) is 4.02. The maximum Gasteiger partial charge on any atom is 0.132 e. The molecule has 0 saturated heterocycles. The highest BCUT2D eigenvalue weighted by Gasteiger charge is 2.32. The van der Waals surface area contributed by atoms with Gasteiger partial charge in [-0.2, -0.15) is 0 Å². The van der Waals surface area contributed by atoms with Crippen LogP contribution in [0, 0.1) is 11.8 Å². The zero-order valence-corrected chi connectivity index (χ0v) is 17.4. The molecule has 0 bridgehead atoms. The Morgan fingerprint density at radius 2 is 1.34 bits per heavy atom. The van der Waals surface area contributed by atoms with E-state index in [9.17, 15) is 10.0 Å². The summed E-state index contributed by atoms with van der Waals surface area (Å²) in [5.41, 5.74) is 4.69. The van der Waals surface area contributed by atoms with Crippen molar-refractivity contribution in [1.82, 2.24) is 0 Å². The lowest BCUT2D eigenvalue weighted by molar-refractivity contribution is 0.456. The molecule has 154 valence electrons. The molecule has 5 aromatic rings. The number of rotatable bonds is 2. The number of fused-ring (bicyclic) bond motifs is 6. The van der Waals surface area contributed by atoms with Gasteiger partial charge >= 0.3 is 0 Å². The number of nitrogens with zero attached hydrogens (tertiary/aromatic N) is 1. The third-order valence-corrected chi connectivity index (χ3v) is 6.33. The van der Waals surface area contributed by atoms with E-state index in [1.807, 2.05) is 42.5 Å². The lowest BCUT2D eigenvalue weighted by Gasteiger charge is -2.31. The maximum atomic E-state index is 11.3. The fourth-order valence-electron chi connectivity index (χ4n) is 4.81. The number of benzene rings is 5. The lowest BCUT2D eigenvalue weighted by atomic mass is 9.78. The fraction of sp³-hybridized carbons (Fsp3) is 0.0714. The standard InChI is InChI=1S/C28H19NO3/c1-16-2-4-19(5-3-16)26-27-22-14-20(29-31)10-6-17(22)8-12-24(27)32-25-13-9-18-7-11-21(30)15-23(18)28(25)26/h2-15,26,30H,1H3. The summed E-state index contributed by atoms with van der Waals surface area (Å²) in [7, 11) is 0. The van der Waals surface area contributed by atoms with Crippen molar-refractivity contribution in [2.24, 2.45) is 5.18 Å². The number of ether oxygens (including phenoxy) is 1. The van der Waals surface area contributed by atoms with Crippen LogP contribution in [-0.4, -0.2) is 5.11 Å². The minimum atomic E-state index is -0.134. The summed E-state index contributed by atoms with van der Waals surface area (Å²) in [5, 5.41) is 17.4. The molecule has 0 fully saturated rings. The maximum absolute atomic E-state index is 11.3. The van der Waals surface area contributed by atoms with Crippen molar-refractivity contribution in [2.45, 2.75) is 12.8 Å². The first-order valence-corrected chi connectivity index (χ1v) is 10.5. The molecule has 0 aromatic heterocycles. The van der Waals surface area contributed by atoms with Crippen molar-refractivity contribution in [3.05, 3.63) is 112 Å². The second kappa shape index (κ2) is 6.92. The van der Waals surface area contributed by atoms with E-state index in [-0.39, 0.29) is 11.7 Å². The van der Waals surface area contributed by atoms with Gasteiger partial charge in [0, 0.05) is 17.0 Å². The topological polar surface area (TPSA) is 58.9 Å². The highest BCUT2D eigenvalue weighted by Crippen LogP contribution is 2.52. The minimum absolute atomic E-state index is 0.134. The number of nitroso groups, excluding NO2 is 1. The van der Waals surface area contributed by atoms with Crippen molar-refractivity contribution >= 4 is 27.2 Å². The zero-order valence-electron chi connectivity index (χ0n) is 17.4. The summed E-state index contributed by atoms with van der Waals surface area (Å²) in [4.78, 5) is 11.3. The average Bonchev–Trinajstić information content (AvgIpc) is 2.82. The van der Waals surface area contributed by atoms with Crippen LogP contribution in [-0.2, 0) is 0 Å². The van der Waals surface area contributed by atoms with Gasteiger partial charge in [0.2, 0.25) is 0 Å². The van der Waals surface area contributed by atoms with E-state index in [2.05, 4.69) is 36.4 Å². The number of hydrogen-bond acceptors (Lipinski definition) is 4. The lowest BCUT2D eigenvalue weighted by Crippen LogP contribution is -2.13. The second-order valence-electron chi connectivity index (χ2n) is 8.30. The van der Waals surface area contributed by atoms with E-state index < -0.39 is 0 Å². The molecule has 1 aliphatic rings. The molecule has 0 amide bonds. The molecule has 0 saturated carbocycles. The summed E-state index contributed by atoms with van der Waals surface area (Å²) in [6, 6.07) is 27.4. The van der Waals surface area contributed by atoms with Crippen LogP contribution >= 0.6 is 0 Å². The first kappa shape index (κ1) is 18.6. The monoisotopic (exact) mass is 417 g/mol. The highest BCUT2D eigenvalue weighted by molar-refractivity contribution is 5.96. The molecule has 1 heterocycles. The van der Waals surface area contributed by atoms with Gasteiger partial charge in [0.1, 0.15) is 22.9 Å². The smallest absolute Gasteiger partial charge is 0.132 e. The SMILES string of the molecule is Cc1ccc(C2c3c(ccc4ccc(O)cc34)Oc3ccc4ccc(N=O)cc4c32)cc1. The molecule has 5 aromatic carbocycles. The van der Waals surface area contributed by atoms with Crippen LogP contribution in [0.25, 0.3) is 21.5 Å². The molecule has 4 heteroatoms. The predicted molar refractivity (Wildman–Crippen MR) is 127 cm³/mol. The molecular weight excluding hydrogens is 398 g/mol. The molecule has 1 aliphatic heterocycles. The summed E-state index contributed by atoms with van der Waals surface area (Å²) in [5.74, 6) is 1.61. The Bertz CT molecular complexity index is 1540. The Labute approximate surface area is 184 Å². The molecule has 0 spiro atoms. The van der Waals surface area contributed by atoms with Crippen LogP contribution < -0.4 is 4.74 Å². The van der Waals surface area contributed by atoms with E-state index in [4.69, 9.17) is 4.74 Å². The average molecular weight is 417 g/mol. The molecule has 0 aliphatic carbocycles. The Balaban J connectivity index is 1.75. The van der Waals surface area contributed by atoms with E-state index in [1.165, 1.54) is 5.56 Å². The fourth-order valence-corrected chi connectivity index (χ4v) is 4.81. The Morgan fingerprint density at radius 3 is 2.00 bits per heavy atom. The van der Waals surface area contributed by atoms with Crippen LogP contribution in [0.1, 0.15) is 28.2 Å². The van der Waals surface area contributed by atoms with Gasteiger partial charge in [0.05, 0.1) is 0 Å². The van der Waals surface area contributed by atoms with Gasteiger partial charge in [-0.1, -0.05) is 54.1 Å². The molecule has 1 atom stereocenters. The zero-order chi connectivity index (χ0) is 21.8. The minimum Gasteiger partial charge on any atom is -0.508 e. The number of phenolic OH excluding ortho intramolecular Hbond substituents is 1. The Hall–Kier alpha value is -4.18. The van der Waals surface area contributed by atoms with Gasteiger partial charge in [-0.3, -0.25) is 0 Å². The largest absolute Gasteiger partial charge is 0.508 e. The van der Waals surface area contributed by atoms with Gasteiger partial charge in [0.15, 0.2) is 0 Å². The predicted octanol–water partition coefficient (Wildman–Crippen LogP) is 7.69. The van der Waals surface area contributed by atoms with E-state index in [1.54, 1.807) is 18.2 Å². The molecule has 1 N–H and O–H groups in total. The van der Waals surface area contributed by atoms with Crippen LogP contribution in [0.5, 0.6) is 17.2 Å². The van der Waals surface area contributed by atoms with Gasteiger partial charge < -0.3 is 9.84 Å². The normalized spacial score (nSPS) is 14.6. The molecule has 32 heavy (non-hydrogen) atoms. The van der Waals surface area contributed by atoms with Crippen molar-refractivity contribution in [1.29, 1.82) is 0 Å². The summed E-state index contributed by atoms with van der Waals surface area (Å²) in [6.07, 6.45) is 0. The first-order chi connectivity index (χ1) is 15.6. The molecule has 0 radical (unpaired) electrons. The van der Waals surface area contributed by atoms with Crippen molar-refractivity contribution in [2.75, 3.05) is 0 Å². The van der Waals surface area contributed by atoms with Crippen LogP contribution in [0.3, 0.4) is 0 Å². The van der Waals surface area contributed by atoms with Crippen LogP contribution in [0.2, 0.25) is 0 Å². The Morgan fingerprint density at radius 1 is 0.750 bits per heavy atom. The highest BCUT2D eigenvalue weighted by atomic mass is 16.5. The van der Waals surface area contributed by atoms with E-state index in [0.717, 1.165) is 49.7 Å². The third-order valence-electron chi connectivity index (χ3n) is 6.33. The van der Waals surface area contributed by atoms with Gasteiger partial charge in [-0.05, 0) is 75.6 Å². The van der Waals surface area contributed by atoms with E-state index >= 15 is 0 Å². The van der Waals surface area contributed by atoms with Gasteiger partial charge in [-0.15, -0.1) is 4.91 Å². The number of phenols is 1. The third kappa shape index (κ3) is 2.77. The van der Waals surface area contributed by atoms with Crippen molar-refractivity contribution in [3.8, 4) is 17.2 Å². The van der Waals surface area contributed by atoms with Crippen LogP contribution in [0.15, 0.2) is 90.1 Å². The number of hydrogen-bond donors (Lipinski definition) is 1. The summed E-state index contributed by atoms with van der Waals surface area (Å²) < 4.78 is 6.39. The number of aryl methyl sites for hydroxylation is 1. The molecular formula is C28H19NO3. The summed E-state index contributed by atoms with van der Waals surface area (Å²) in [6.45, 7) is 2.07. The van der Waals surface area contributed by atoms with E-state index in [0.29, 0.717) is 5.69 Å². The van der Waals surface area contributed by atoms with Crippen molar-refractivity contribution < 1.29 is 9.84 Å². The molecule has 6 rings (SSSR count).